The van der Waals surface area contributed by atoms with Crippen LogP contribution in [0.5, 0.6) is 5.75 Å². The molecule has 0 bridgehead atoms. The molecule has 2 N–H and O–H groups in total. The first-order chi connectivity index (χ1) is 9.24. The Balaban J connectivity index is 1.83. The summed E-state index contributed by atoms with van der Waals surface area (Å²) < 4.78 is 0. The molecule has 0 spiro atoms. The van der Waals surface area contributed by atoms with Gasteiger partial charge in [0.1, 0.15) is 5.75 Å². The van der Waals surface area contributed by atoms with E-state index < -0.39 is 6.10 Å². The van der Waals surface area contributed by atoms with Gasteiger partial charge < -0.3 is 10.2 Å². The van der Waals surface area contributed by atoms with Crippen molar-refractivity contribution in [2.45, 2.75) is 19.2 Å². The van der Waals surface area contributed by atoms with Gasteiger partial charge in [0.15, 0.2) is 0 Å². The second kappa shape index (κ2) is 5.03. The zero-order valence-corrected chi connectivity index (χ0v) is 10.7. The second-order valence-corrected chi connectivity index (χ2v) is 5.02. The number of hydrogen-bond acceptors (Lipinski definition) is 3. The minimum atomic E-state index is -0.528. The molecule has 0 radical (unpaired) electrons. The van der Waals surface area contributed by atoms with E-state index in [1.54, 1.807) is 12.1 Å². The van der Waals surface area contributed by atoms with Gasteiger partial charge in [-0.15, -0.1) is 0 Å². The predicted octanol–water partition coefficient (Wildman–Crippen LogP) is 2.44. The van der Waals surface area contributed by atoms with Gasteiger partial charge in [-0.25, -0.2) is 0 Å². The van der Waals surface area contributed by atoms with Gasteiger partial charge in [0.2, 0.25) is 0 Å². The van der Waals surface area contributed by atoms with Crippen molar-refractivity contribution in [1.29, 1.82) is 0 Å². The highest BCUT2D eigenvalue weighted by Gasteiger charge is 2.25. The van der Waals surface area contributed by atoms with Crippen molar-refractivity contribution in [2.75, 3.05) is 6.54 Å². The fraction of sp³-hybridized carbons (Fsp3) is 0.250. The number of benzene rings is 2. The lowest BCUT2D eigenvalue weighted by atomic mass is 9.96. The highest BCUT2D eigenvalue weighted by molar-refractivity contribution is 5.42. The van der Waals surface area contributed by atoms with Crippen LogP contribution in [0, 0.1) is 0 Å². The van der Waals surface area contributed by atoms with Crippen LogP contribution < -0.4 is 0 Å². The largest absolute Gasteiger partial charge is 0.508 e. The van der Waals surface area contributed by atoms with Gasteiger partial charge in [-0.3, -0.25) is 4.90 Å². The summed E-state index contributed by atoms with van der Waals surface area (Å²) in [6, 6.07) is 15.5. The Hall–Kier alpha value is -1.84. The zero-order chi connectivity index (χ0) is 13.2. The van der Waals surface area contributed by atoms with Crippen molar-refractivity contribution < 1.29 is 10.2 Å². The van der Waals surface area contributed by atoms with E-state index in [-0.39, 0.29) is 5.75 Å². The van der Waals surface area contributed by atoms with E-state index in [4.69, 9.17) is 0 Å². The Labute approximate surface area is 112 Å². The van der Waals surface area contributed by atoms with E-state index in [0.29, 0.717) is 13.1 Å². The molecule has 0 aromatic heterocycles. The van der Waals surface area contributed by atoms with E-state index in [1.807, 2.05) is 24.3 Å². The van der Waals surface area contributed by atoms with Gasteiger partial charge >= 0.3 is 0 Å². The van der Waals surface area contributed by atoms with Crippen LogP contribution in [0.25, 0.3) is 0 Å². The molecule has 1 unspecified atom stereocenters. The summed E-state index contributed by atoms with van der Waals surface area (Å²) in [6.45, 7) is 2.06. The fourth-order valence-electron chi connectivity index (χ4n) is 2.67. The topological polar surface area (TPSA) is 43.7 Å². The van der Waals surface area contributed by atoms with Crippen LogP contribution in [0.2, 0.25) is 0 Å². The maximum absolute atomic E-state index is 10.2. The molecule has 2 aromatic carbocycles. The van der Waals surface area contributed by atoms with Gasteiger partial charge in [0.05, 0.1) is 6.10 Å². The lowest BCUT2D eigenvalue weighted by molar-refractivity contribution is 0.0869. The van der Waals surface area contributed by atoms with E-state index in [0.717, 1.165) is 17.7 Å². The highest BCUT2D eigenvalue weighted by Crippen LogP contribution is 2.32. The molecule has 3 heteroatoms. The third-order valence-corrected chi connectivity index (χ3v) is 3.61. The van der Waals surface area contributed by atoms with Crippen LogP contribution in [0.15, 0.2) is 48.5 Å². The predicted molar refractivity (Wildman–Crippen MR) is 73.6 cm³/mol. The molecule has 0 saturated heterocycles. The average Bonchev–Trinajstić information content (AvgIpc) is 2.41. The number of aliphatic hydroxyl groups is 1. The summed E-state index contributed by atoms with van der Waals surface area (Å²) in [4.78, 5) is 2.15. The number of fused-ring (bicyclic) bond motifs is 1. The van der Waals surface area contributed by atoms with Crippen molar-refractivity contribution >= 4 is 0 Å². The molecule has 98 valence electrons. The molecule has 0 aliphatic carbocycles. The summed E-state index contributed by atoms with van der Waals surface area (Å²) >= 11 is 0. The molecule has 0 amide bonds. The molecular weight excluding hydrogens is 238 g/mol. The smallest absolute Gasteiger partial charge is 0.120 e. The Morgan fingerprint density at radius 1 is 1.05 bits per heavy atom. The van der Waals surface area contributed by atoms with Gasteiger partial charge in [-0.1, -0.05) is 42.5 Å². The third-order valence-electron chi connectivity index (χ3n) is 3.61. The molecule has 1 atom stereocenters. The van der Waals surface area contributed by atoms with Gasteiger partial charge in [-0.2, -0.15) is 0 Å². The standard InChI is InChI=1S/C16H17NO2/c18-15-8-4-7-13-14(15)10-17(11-16(13)19)9-12-5-2-1-3-6-12/h1-8,16,18-19H,9-11H2. The van der Waals surface area contributed by atoms with Crippen molar-refractivity contribution in [1.82, 2.24) is 4.90 Å². The maximum atomic E-state index is 10.2. The van der Waals surface area contributed by atoms with E-state index in [2.05, 4.69) is 17.0 Å². The lowest BCUT2D eigenvalue weighted by Gasteiger charge is -2.32. The summed E-state index contributed by atoms with van der Waals surface area (Å²) in [5.74, 6) is 0.273. The summed E-state index contributed by atoms with van der Waals surface area (Å²) in [5.41, 5.74) is 2.91. The summed E-state index contributed by atoms with van der Waals surface area (Å²) in [5, 5.41) is 20.1. The summed E-state index contributed by atoms with van der Waals surface area (Å²) in [6.07, 6.45) is -0.528. The minimum absolute atomic E-state index is 0.273. The van der Waals surface area contributed by atoms with Crippen molar-refractivity contribution in [3.63, 3.8) is 0 Å². The fourth-order valence-corrected chi connectivity index (χ4v) is 2.67. The number of aromatic hydroxyl groups is 1. The molecule has 19 heavy (non-hydrogen) atoms. The van der Waals surface area contributed by atoms with Crippen LogP contribution >= 0.6 is 0 Å². The van der Waals surface area contributed by atoms with E-state index in [1.165, 1.54) is 5.56 Å². The number of phenolic OH excluding ortho intramolecular Hbond substituents is 1. The Bertz CT molecular complexity index is 568. The van der Waals surface area contributed by atoms with Crippen LogP contribution in [-0.2, 0) is 13.1 Å². The zero-order valence-electron chi connectivity index (χ0n) is 10.7. The number of aliphatic hydroxyl groups excluding tert-OH is 1. The SMILES string of the molecule is Oc1cccc2c1CN(Cc1ccccc1)CC2O. The first-order valence-electron chi connectivity index (χ1n) is 6.49. The Morgan fingerprint density at radius 3 is 2.63 bits per heavy atom. The second-order valence-electron chi connectivity index (χ2n) is 5.02. The summed E-state index contributed by atoms with van der Waals surface area (Å²) in [7, 11) is 0. The molecule has 3 rings (SSSR count). The average molecular weight is 255 g/mol. The van der Waals surface area contributed by atoms with Gasteiger partial charge in [0.25, 0.3) is 0 Å². The van der Waals surface area contributed by atoms with Crippen molar-refractivity contribution in [3.05, 3.63) is 65.2 Å². The number of hydrogen-bond donors (Lipinski definition) is 2. The van der Waals surface area contributed by atoms with Crippen molar-refractivity contribution in [2.24, 2.45) is 0 Å². The number of rotatable bonds is 2. The quantitative estimate of drug-likeness (QED) is 0.866. The van der Waals surface area contributed by atoms with Crippen LogP contribution in [0.1, 0.15) is 22.8 Å². The van der Waals surface area contributed by atoms with Gasteiger partial charge in [-0.05, 0) is 17.2 Å². The van der Waals surface area contributed by atoms with Gasteiger partial charge in [0, 0.05) is 25.2 Å². The monoisotopic (exact) mass is 255 g/mol. The molecule has 1 aliphatic heterocycles. The maximum Gasteiger partial charge on any atom is 0.120 e. The van der Waals surface area contributed by atoms with E-state index >= 15 is 0 Å². The van der Waals surface area contributed by atoms with Crippen LogP contribution in [0.4, 0.5) is 0 Å². The molecule has 2 aromatic rings. The molecule has 1 aliphatic rings. The Morgan fingerprint density at radius 2 is 1.84 bits per heavy atom. The molecule has 1 heterocycles. The molecule has 0 saturated carbocycles. The minimum Gasteiger partial charge on any atom is -0.508 e. The molecule has 0 fully saturated rings. The Kier molecular flexibility index (Phi) is 3.23. The highest BCUT2D eigenvalue weighted by atomic mass is 16.3. The number of nitrogens with zero attached hydrogens (tertiary/aromatic N) is 1. The van der Waals surface area contributed by atoms with Crippen LogP contribution in [0.3, 0.4) is 0 Å². The normalized spacial score (nSPS) is 19.1. The van der Waals surface area contributed by atoms with Crippen LogP contribution in [-0.4, -0.2) is 21.7 Å². The number of phenols is 1. The first-order valence-corrected chi connectivity index (χ1v) is 6.49. The molecule has 3 nitrogen and oxygen atoms in total. The van der Waals surface area contributed by atoms with E-state index in [9.17, 15) is 10.2 Å². The van der Waals surface area contributed by atoms with Crippen molar-refractivity contribution in [3.8, 4) is 5.75 Å². The molecular formula is C16H17NO2. The first kappa shape index (κ1) is 12.2. The third kappa shape index (κ3) is 2.48. The number of β-amino-alcohol motifs (C(OH)–C–C–N with tert-alkyl or cyclic N) is 1. The lowest BCUT2D eigenvalue weighted by Crippen LogP contribution is -2.33.